The lowest BCUT2D eigenvalue weighted by Crippen LogP contribution is -2.30. The van der Waals surface area contributed by atoms with Crippen LogP contribution in [0.4, 0.5) is 10.1 Å². The Hall–Kier alpha value is -1.87. The standard InChI is InChI=1S/C17H18FNO/c1-12-6-7-14(18)10-13(12)11-19-9-8-17(20)15-4-2-3-5-16(15)19/h2-7,10,17,20H,8-9,11H2,1H3. The summed E-state index contributed by atoms with van der Waals surface area (Å²) in [6.45, 7) is 3.46. The van der Waals surface area contributed by atoms with E-state index in [4.69, 9.17) is 0 Å². The highest BCUT2D eigenvalue weighted by molar-refractivity contribution is 5.57. The average molecular weight is 271 g/mol. The molecule has 0 fully saturated rings. The number of para-hydroxylation sites is 1. The van der Waals surface area contributed by atoms with Crippen molar-refractivity contribution in [2.45, 2.75) is 26.0 Å². The lowest BCUT2D eigenvalue weighted by Gasteiger charge is -2.34. The van der Waals surface area contributed by atoms with Crippen molar-refractivity contribution in [1.29, 1.82) is 0 Å². The van der Waals surface area contributed by atoms with Gasteiger partial charge in [0.05, 0.1) is 6.10 Å². The van der Waals surface area contributed by atoms with Crippen LogP contribution in [0.15, 0.2) is 42.5 Å². The maximum Gasteiger partial charge on any atom is 0.123 e. The van der Waals surface area contributed by atoms with Gasteiger partial charge in [0.1, 0.15) is 5.82 Å². The van der Waals surface area contributed by atoms with Crippen LogP contribution in [0, 0.1) is 12.7 Å². The van der Waals surface area contributed by atoms with Crippen LogP contribution in [-0.2, 0) is 6.54 Å². The normalized spacial score (nSPS) is 17.9. The molecule has 1 aliphatic rings. The fourth-order valence-corrected chi connectivity index (χ4v) is 2.79. The van der Waals surface area contributed by atoms with E-state index in [1.165, 1.54) is 6.07 Å². The topological polar surface area (TPSA) is 23.5 Å². The van der Waals surface area contributed by atoms with E-state index in [1.807, 2.05) is 37.3 Å². The zero-order valence-corrected chi connectivity index (χ0v) is 11.5. The summed E-state index contributed by atoms with van der Waals surface area (Å²) in [6.07, 6.45) is 0.321. The van der Waals surface area contributed by atoms with Crippen LogP contribution in [-0.4, -0.2) is 11.7 Å². The maximum atomic E-state index is 13.4. The van der Waals surface area contributed by atoms with Gasteiger partial charge in [0.15, 0.2) is 0 Å². The predicted octanol–water partition coefficient (Wildman–Crippen LogP) is 3.58. The minimum atomic E-state index is -0.393. The number of aliphatic hydroxyl groups is 1. The third-order valence-corrected chi connectivity index (χ3v) is 3.98. The van der Waals surface area contributed by atoms with E-state index in [-0.39, 0.29) is 5.82 Å². The first-order chi connectivity index (χ1) is 9.65. The summed E-state index contributed by atoms with van der Waals surface area (Å²) in [6, 6.07) is 12.8. The summed E-state index contributed by atoms with van der Waals surface area (Å²) in [5.74, 6) is -0.198. The van der Waals surface area contributed by atoms with Gasteiger partial charge in [-0.3, -0.25) is 0 Å². The van der Waals surface area contributed by atoms with E-state index < -0.39 is 6.10 Å². The molecule has 0 amide bonds. The zero-order valence-electron chi connectivity index (χ0n) is 11.5. The number of benzene rings is 2. The fraction of sp³-hybridized carbons (Fsp3) is 0.294. The second-order valence-electron chi connectivity index (χ2n) is 5.36. The minimum absolute atomic E-state index is 0.198. The highest BCUT2D eigenvalue weighted by Gasteiger charge is 2.23. The Morgan fingerprint density at radius 3 is 2.90 bits per heavy atom. The van der Waals surface area contributed by atoms with Gasteiger partial charge in [-0.25, -0.2) is 4.39 Å². The van der Waals surface area contributed by atoms with Gasteiger partial charge in [-0.15, -0.1) is 0 Å². The van der Waals surface area contributed by atoms with E-state index in [1.54, 1.807) is 6.07 Å². The molecule has 0 aliphatic carbocycles. The number of hydrogen-bond donors (Lipinski definition) is 1. The molecule has 1 unspecified atom stereocenters. The predicted molar refractivity (Wildman–Crippen MR) is 78.2 cm³/mol. The molecule has 2 aromatic rings. The Morgan fingerprint density at radius 2 is 2.05 bits per heavy atom. The quantitative estimate of drug-likeness (QED) is 0.902. The highest BCUT2D eigenvalue weighted by atomic mass is 19.1. The van der Waals surface area contributed by atoms with Crippen LogP contribution in [0.1, 0.15) is 29.2 Å². The van der Waals surface area contributed by atoms with Crippen molar-refractivity contribution >= 4 is 5.69 Å². The monoisotopic (exact) mass is 271 g/mol. The number of anilines is 1. The Morgan fingerprint density at radius 1 is 1.25 bits per heavy atom. The van der Waals surface area contributed by atoms with Gasteiger partial charge in [-0.1, -0.05) is 24.3 Å². The molecule has 1 heterocycles. The molecule has 3 heteroatoms. The lowest BCUT2D eigenvalue weighted by molar-refractivity contribution is 0.164. The number of halogens is 1. The third-order valence-electron chi connectivity index (χ3n) is 3.98. The maximum absolute atomic E-state index is 13.4. The molecule has 1 aliphatic heterocycles. The van der Waals surface area contributed by atoms with Gasteiger partial charge in [0.25, 0.3) is 0 Å². The summed E-state index contributed by atoms with van der Waals surface area (Å²) in [7, 11) is 0. The van der Waals surface area contributed by atoms with Crippen molar-refractivity contribution in [3.8, 4) is 0 Å². The number of aryl methyl sites for hydroxylation is 1. The van der Waals surface area contributed by atoms with Gasteiger partial charge < -0.3 is 10.0 Å². The molecule has 2 aromatic carbocycles. The van der Waals surface area contributed by atoms with Gasteiger partial charge in [0, 0.05) is 24.3 Å². The first-order valence-corrected chi connectivity index (χ1v) is 6.92. The fourth-order valence-electron chi connectivity index (χ4n) is 2.79. The molecule has 0 saturated heterocycles. The van der Waals surface area contributed by atoms with E-state index in [9.17, 15) is 9.50 Å². The Labute approximate surface area is 118 Å². The van der Waals surface area contributed by atoms with Crippen LogP contribution in [0.25, 0.3) is 0 Å². The Bertz CT molecular complexity index is 626. The molecule has 0 aromatic heterocycles. The lowest BCUT2D eigenvalue weighted by atomic mass is 9.98. The van der Waals surface area contributed by atoms with E-state index >= 15 is 0 Å². The van der Waals surface area contributed by atoms with E-state index in [0.717, 1.165) is 28.9 Å². The van der Waals surface area contributed by atoms with Crippen LogP contribution in [0.5, 0.6) is 0 Å². The summed E-state index contributed by atoms with van der Waals surface area (Å²) < 4.78 is 13.4. The summed E-state index contributed by atoms with van der Waals surface area (Å²) in [4.78, 5) is 2.21. The van der Waals surface area contributed by atoms with Crippen molar-refractivity contribution in [1.82, 2.24) is 0 Å². The highest BCUT2D eigenvalue weighted by Crippen LogP contribution is 2.34. The molecule has 1 atom stereocenters. The number of hydrogen-bond acceptors (Lipinski definition) is 2. The van der Waals surface area contributed by atoms with Crippen molar-refractivity contribution in [2.75, 3.05) is 11.4 Å². The molecule has 20 heavy (non-hydrogen) atoms. The summed E-state index contributed by atoms with van der Waals surface area (Å²) in [5, 5.41) is 10.1. The minimum Gasteiger partial charge on any atom is -0.388 e. The second kappa shape index (κ2) is 5.25. The molecular formula is C17H18FNO. The molecule has 0 bridgehead atoms. The molecule has 0 spiro atoms. The average Bonchev–Trinajstić information content (AvgIpc) is 2.46. The molecular weight excluding hydrogens is 253 g/mol. The molecule has 2 nitrogen and oxygen atoms in total. The molecule has 0 saturated carbocycles. The smallest absolute Gasteiger partial charge is 0.123 e. The van der Waals surface area contributed by atoms with Crippen molar-refractivity contribution in [3.05, 3.63) is 65.0 Å². The first kappa shape index (κ1) is 13.1. The van der Waals surface area contributed by atoms with Gasteiger partial charge >= 0.3 is 0 Å². The molecule has 0 radical (unpaired) electrons. The SMILES string of the molecule is Cc1ccc(F)cc1CN1CCC(O)c2ccccc21. The number of fused-ring (bicyclic) bond motifs is 1. The summed E-state index contributed by atoms with van der Waals surface area (Å²) >= 11 is 0. The van der Waals surface area contributed by atoms with E-state index in [2.05, 4.69) is 4.90 Å². The van der Waals surface area contributed by atoms with Crippen molar-refractivity contribution in [2.24, 2.45) is 0 Å². The van der Waals surface area contributed by atoms with Crippen molar-refractivity contribution < 1.29 is 9.50 Å². The van der Waals surface area contributed by atoms with Gasteiger partial charge in [0.2, 0.25) is 0 Å². The van der Waals surface area contributed by atoms with E-state index in [0.29, 0.717) is 13.0 Å². The Balaban J connectivity index is 1.92. The summed E-state index contributed by atoms with van der Waals surface area (Å²) in [5.41, 5.74) is 4.11. The van der Waals surface area contributed by atoms with Crippen LogP contribution in [0.2, 0.25) is 0 Å². The van der Waals surface area contributed by atoms with Gasteiger partial charge in [-0.2, -0.15) is 0 Å². The first-order valence-electron chi connectivity index (χ1n) is 6.92. The van der Waals surface area contributed by atoms with Crippen LogP contribution in [0.3, 0.4) is 0 Å². The second-order valence-corrected chi connectivity index (χ2v) is 5.36. The van der Waals surface area contributed by atoms with Crippen molar-refractivity contribution in [3.63, 3.8) is 0 Å². The van der Waals surface area contributed by atoms with Crippen LogP contribution < -0.4 is 4.90 Å². The third kappa shape index (κ3) is 2.41. The largest absolute Gasteiger partial charge is 0.388 e. The number of aliphatic hydroxyl groups excluding tert-OH is 1. The number of nitrogens with zero attached hydrogens (tertiary/aromatic N) is 1. The number of rotatable bonds is 2. The molecule has 1 N–H and O–H groups in total. The Kier molecular flexibility index (Phi) is 3.45. The van der Waals surface area contributed by atoms with Gasteiger partial charge in [-0.05, 0) is 42.7 Å². The zero-order chi connectivity index (χ0) is 14.1. The molecule has 3 rings (SSSR count). The molecule has 104 valence electrons. The van der Waals surface area contributed by atoms with Crippen LogP contribution >= 0.6 is 0 Å².